The molecule has 0 aliphatic rings. The summed E-state index contributed by atoms with van der Waals surface area (Å²) in [4.78, 5) is 0.118. The Labute approximate surface area is 121 Å². The van der Waals surface area contributed by atoms with Crippen molar-refractivity contribution in [2.24, 2.45) is 0 Å². The Morgan fingerprint density at radius 1 is 1.44 bits per heavy atom. The average molecular weight is 357 g/mol. The molecule has 7 heteroatoms. The molecule has 0 amide bonds. The fourth-order valence-corrected chi connectivity index (χ4v) is 3.62. The molecule has 0 atom stereocenters. The molecule has 4 nitrogen and oxygen atoms in total. The van der Waals surface area contributed by atoms with Crippen molar-refractivity contribution in [2.45, 2.75) is 11.3 Å². The third-order valence-electron chi connectivity index (χ3n) is 2.40. The zero-order valence-electron chi connectivity index (χ0n) is 10.2. The van der Waals surface area contributed by atoms with Crippen LogP contribution in [-0.4, -0.2) is 40.0 Å². The maximum absolute atomic E-state index is 12.2. The van der Waals surface area contributed by atoms with E-state index in [9.17, 15) is 8.42 Å². The number of sulfonamides is 1. The van der Waals surface area contributed by atoms with Crippen LogP contribution < -0.4 is 0 Å². The molecular weight excluding hydrogens is 342 g/mol. The molecule has 0 aliphatic heterocycles. The number of rotatable bonds is 6. The van der Waals surface area contributed by atoms with Crippen LogP contribution in [0.3, 0.4) is 0 Å². The van der Waals surface area contributed by atoms with E-state index in [-0.39, 0.29) is 9.92 Å². The van der Waals surface area contributed by atoms with Gasteiger partial charge in [0, 0.05) is 31.8 Å². The smallest absolute Gasteiger partial charge is 0.244 e. The highest BCUT2D eigenvalue weighted by atomic mass is 79.9. The Morgan fingerprint density at radius 2 is 2.11 bits per heavy atom. The van der Waals surface area contributed by atoms with Gasteiger partial charge in [0.1, 0.15) is 4.90 Å². The van der Waals surface area contributed by atoms with Crippen LogP contribution in [0.2, 0.25) is 5.02 Å². The van der Waals surface area contributed by atoms with Crippen molar-refractivity contribution in [1.82, 2.24) is 4.31 Å². The van der Waals surface area contributed by atoms with E-state index in [1.54, 1.807) is 19.2 Å². The monoisotopic (exact) mass is 355 g/mol. The second-order valence-electron chi connectivity index (χ2n) is 3.75. The van der Waals surface area contributed by atoms with Gasteiger partial charge >= 0.3 is 0 Å². The van der Waals surface area contributed by atoms with Gasteiger partial charge in [-0.1, -0.05) is 27.5 Å². The predicted octanol–water partition coefficient (Wildman–Crippen LogP) is 2.76. The lowest BCUT2D eigenvalue weighted by Gasteiger charge is -2.17. The first kappa shape index (κ1) is 15.9. The standard InChI is InChI=1S/C11H15BrClNO3S/c1-14(6-3-7-17-2)18(15,16)11-5-4-9(12)8-10(11)13/h4-5,8H,3,6-7H2,1-2H3. The van der Waals surface area contributed by atoms with Crippen LogP contribution in [0.15, 0.2) is 27.6 Å². The highest BCUT2D eigenvalue weighted by Crippen LogP contribution is 2.27. The van der Waals surface area contributed by atoms with Gasteiger partial charge < -0.3 is 4.74 Å². The first-order valence-electron chi connectivity index (χ1n) is 5.30. The summed E-state index contributed by atoms with van der Waals surface area (Å²) in [5, 5.41) is 0.211. The number of nitrogens with zero attached hydrogens (tertiary/aromatic N) is 1. The van der Waals surface area contributed by atoms with Crippen molar-refractivity contribution in [3.05, 3.63) is 27.7 Å². The quantitative estimate of drug-likeness (QED) is 0.736. The second-order valence-corrected chi connectivity index (χ2v) is 7.08. The van der Waals surface area contributed by atoms with Crippen LogP contribution in [0.5, 0.6) is 0 Å². The lowest BCUT2D eigenvalue weighted by Crippen LogP contribution is -2.28. The topological polar surface area (TPSA) is 46.6 Å². The summed E-state index contributed by atoms with van der Waals surface area (Å²) in [7, 11) is -0.427. The molecule has 0 saturated carbocycles. The Bertz CT molecular complexity index is 507. The normalized spacial score (nSPS) is 12.1. The largest absolute Gasteiger partial charge is 0.385 e. The molecule has 0 radical (unpaired) electrons. The van der Waals surface area contributed by atoms with E-state index >= 15 is 0 Å². The predicted molar refractivity (Wildman–Crippen MR) is 75.5 cm³/mol. The molecule has 0 fully saturated rings. The highest BCUT2D eigenvalue weighted by molar-refractivity contribution is 9.10. The lowest BCUT2D eigenvalue weighted by atomic mass is 10.4. The number of hydrogen-bond donors (Lipinski definition) is 0. The van der Waals surface area contributed by atoms with Gasteiger partial charge in [0.2, 0.25) is 10.0 Å². The van der Waals surface area contributed by atoms with Crippen molar-refractivity contribution in [2.75, 3.05) is 27.3 Å². The molecule has 0 spiro atoms. The van der Waals surface area contributed by atoms with E-state index in [0.717, 1.165) is 4.47 Å². The highest BCUT2D eigenvalue weighted by Gasteiger charge is 2.23. The summed E-state index contributed by atoms with van der Waals surface area (Å²) in [5.74, 6) is 0. The first-order valence-corrected chi connectivity index (χ1v) is 7.91. The van der Waals surface area contributed by atoms with Gasteiger partial charge in [0.25, 0.3) is 0 Å². The fourth-order valence-electron chi connectivity index (χ4n) is 1.40. The number of halogens is 2. The van der Waals surface area contributed by atoms with Crippen LogP contribution in [0, 0.1) is 0 Å². The molecule has 0 aromatic heterocycles. The molecule has 0 heterocycles. The van der Waals surface area contributed by atoms with Gasteiger partial charge in [-0.3, -0.25) is 0 Å². The summed E-state index contributed by atoms with van der Waals surface area (Å²) < 4.78 is 31.4. The van der Waals surface area contributed by atoms with Crippen LogP contribution in [0.1, 0.15) is 6.42 Å². The Hall–Kier alpha value is -0.140. The van der Waals surface area contributed by atoms with Gasteiger partial charge in [-0.2, -0.15) is 0 Å². The molecule has 0 N–H and O–H groups in total. The van der Waals surface area contributed by atoms with Gasteiger partial charge in [0.05, 0.1) is 5.02 Å². The van der Waals surface area contributed by atoms with E-state index in [2.05, 4.69) is 15.9 Å². The van der Waals surface area contributed by atoms with E-state index in [4.69, 9.17) is 16.3 Å². The summed E-state index contributed by atoms with van der Waals surface area (Å²) >= 11 is 9.20. The Morgan fingerprint density at radius 3 is 2.67 bits per heavy atom. The minimum Gasteiger partial charge on any atom is -0.385 e. The summed E-state index contributed by atoms with van der Waals surface area (Å²) in [6, 6.07) is 4.72. The second kappa shape index (κ2) is 6.86. The SMILES string of the molecule is COCCCN(C)S(=O)(=O)c1ccc(Br)cc1Cl. The molecular formula is C11H15BrClNO3S. The van der Waals surface area contributed by atoms with Crippen LogP contribution in [0.25, 0.3) is 0 Å². The van der Waals surface area contributed by atoms with Gasteiger partial charge in [-0.25, -0.2) is 12.7 Å². The van der Waals surface area contributed by atoms with Crippen molar-refractivity contribution >= 4 is 37.6 Å². The van der Waals surface area contributed by atoms with Crippen LogP contribution in [0.4, 0.5) is 0 Å². The molecule has 1 aromatic rings. The van der Waals surface area contributed by atoms with Gasteiger partial charge in [0.15, 0.2) is 0 Å². The maximum atomic E-state index is 12.2. The number of ether oxygens (including phenoxy) is 1. The maximum Gasteiger partial charge on any atom is 0.244 e. The summed E-state index contributed by atoms with van der Waals surface area (Å²) in [6.45, 7) is 0.913. The van der Waals surface area contributed by atoms with Crippen molar-refractivity contribution in [3.8, 4) is 0 Å². The van der Waals surface area contributed by atoms with E-state index in [1.165, 1.54) is 17.4 Å². The number of hydrogen-bond acceptors (Lipinski definition) is 3. The molecule has 102 valence electrons. The molecule has 1 rings (SSSR count). The minimum absolute atomic E-state index is 0.118. The van der Waals surface area contributed by atoms with Crippen molar-refractivity contribution < 1.29 is 13.2 Å². The minimum atomic E-state index is -3.54. The first-order chi connectivity index (χ1) is 8.39. The summed E-state index contributed by atoms with van der Waals surface area (Å²) in [6.07, 6.45) is 0.639. The molecule has 0 saturated heterocycles. The van der Waals surface area contributed by atoms with E-state index in [1.807, 2.05) is 0 Å². The van der Waals surface area contributed by atoms with Gasteiger partial charge in [-0.15, -0.1) is 0 Å². The molecule has 0 bridgehead atoms. The average Bonchev–Trinajstić information content (AvgIpc) is 2.28. The van der Waals surface area contributed by atoms with Crippen LogP contribution >= 0.6 is 27.5 Å². The Kier molecular flexibility index (Phi) is 6.07. The molecule has 1 aromatic carbocycles. The molecule has 18 heavy (non-hydrogen) atoms. The van der Waals surface area contributed by atoms with Crippen molar-refractivity contribution in [1.29, 1.82) is 0 Å². The zero-order chi connectivity index (χ0) is 13.8. The number of benzene rings is 1. The lowest BCUT2D eigenvalue weighted by molar-refractivity contribution is 0.189. The third-order valence-corrected chi connectivity index (χ3v) is 5.24. The third kappa shape index (κ3) is 3.93. The molecule has 0 unspecified atom stereocenters. The van der Waals surface area contributed by atoms with Crippen molar-refractivity contribution in [3.63, 3.8) is 0 Å². The Balaban J connectivity index is 2.91. The number of methoxy groups -OCH3 is 1. The zero-order valence-corrected chi connectivity index (χ0v) is 13.3. The summed E-state index contributed by atoms with van der Waals surface area (Å²) in [5.41, 5.74) is 0. The van der Waals surface area contributed by atoms with Gasteiger partial charge in [-0.05, 0) is 24.6 Å². The molecule has 0 aliphatic carbocycles. The van der Waals surface area contributed by atoms with E-state index in [0.29, 0.717) is 19.6 Å². The van der Waals surface area contributed by atoms with E-state index < -0.39 is 10.0 Å². The fraction of sp³-hybridized carbons (Fsp3) is 0.455. The van der Waals surface area contributed by atoms with Crippen LogP contribution in [-0.2, 0) is 14.8 Å².